The fourth-order valence-corrected chi connectivity index (χ4v) is 0.496. The summed E-state index contributed by atoms with van der Waals surface area (Å²) < 4.78 is 0. The van der Waals surface area contributed by atoms with Gasteiger partial charge < -0.3 is 11.5 Å². The molecule has 0 unspecified atom stereocenters. The quantitative estimate of drug-likeness (QED) is 0.395. The molecule has 4 N–H and O–H groups in total. The van der Waals surface area contributed by atoms with E-state index in [2.05, 4.69) is 0 Å². The van der Waals surface area contributed by atoms with Crippen molar-refractivity contribution in [1.82, 2.24) is 0 Å². The Hall–Kier alpha value is 0.820. The molecule has 0 aliphatic heterocycles. The molecule has 0 aromatic heterocycles. The SMILES string of the molecule is Nc1ccc(N)cc1.[NaH].[NaH]. The Morgan fingerprint density at radius 1 is 0.700 bits per heavy atom. The summed E-state index contributed by atoms with van der Waals surface area (Å²) in [4.78, 5) is 0. The van der Waals surface area contributed by atoms with Gasteiger partial charge in [-0.2, -0.15) is 0 Å². The van der Waals surface area contributed by atoms with Gasteiger partial charge in [-0.1, -0.05) is 0 Å². The van der Waals surface area contributed by atoms with E-state index in [0.717, 1.165) is 11.4 Å². The third-order valence-corrected chi connectivity index (χ3v) is 0.936. The van der Waals surface area contributed by atoms with Crippen LogP contribution in [0.2, 0.25) is 0 Å². The molecule has 0 saturated carbocycles. The summed E-state index contributed by atoms with van der Waals surface area (Å²) in [5, 5.41) is 0. The summed E-state index contributed by atoms with van der Waals surface area (Å²) in [6.45, 7) is 0. The minimum absolute atomic E-state index is 0. The summed E-state index contributed by atoms with van der Waals surface area (Å²) >= 11 is 0. The summed E-state index contributed by atoms with van der Waals surface area (Å²) in [6, 6.07) is 7.09. The molecule has 0 amide bonds. The topological polar surface area (TPSA) is 52.0 Å². The Balaban J connectivity index is 0. The first kappa shape index (κ1) is 13.4. The van der Waals surface area contributed by atoms with Crippen LogP contribution in [0.4, 0.5) is 11.4 Å². The van der Waals surface area contributed by atoms with E-state index in [9.17, 15) is 0 Å². The Morgan fingerprint density at radius 2 is 0.900 bits per heavy atom. The molecule has 0 radical (unpaired) electrons. The third-order valence-electron chi connectivity index (χ3n) is 0.936. The van der Waals surface area contributed by atoms with Crippen LogP contribution in [0.15, 0.2) is 24.3 Å². The number of rotatable bonds is 0. The van der Waals surface area contributed by atoms with E-state index >= 15 is 0 Å². The van der Waals surface area contributed by atoms with Crippen molar-refractivity contribution in [1.29, 1.82) is 0 Å². The van der Waals surface area contributed by atoms with Gasteiger partial charge in [0.2, 0.25) is 0 Å². The standard InChI is InChI=1S/C6H8N2.2Na.2H/c7-5-1-2-6(8)4-3-5;;;;/h1-4H,7-8H2;;;;. The second-order valence-electron chi connectivity index (χ2n) is 1.67. The van der Waals surface area contributed by atoms with Crippen LogP contribution in [-0.4, -0.2) is 59.1 Å². The number of nitrogens with two attached hydrogens (primary N) is 2. The molecule has 0 aliphatic carbocycles. The summed E-state index contributed by atoms with van der Waals surface area (Å²) in [6.07, 6.45) is 0. The fourth-order valence-electron chi connectivity index (χ4n) is 0.496. The van der Waals surface area contributed by atoms with Gasteiger partial charge in [0.1, 0.15) is 0 Å². The van der Waals surface area contributed by atoms with Crippen LogP contribution >= 0.6 is 0 Å². The molecular formula is C6H10N2Na2. The van der Waals surface area contributed by atoms with Gasteiger partial charge in [0, 0.05) is 11.4 Å². The molecular weight excluding hydrogens is 146 g/mol. The number of hydrogen-bond donors (Lipinski definition) is 2. The van der Waals surface area contributed by atoms with Gasteiger partial charge in [-0.25, -0.2) is 0 Å². The maximum absolute atomic E-state index is 5.37. The zero-order chi connectivity index (χ0) is 5.98. The predicted molar refractivity (Wildman–Crippen MR) is 49.6 cm³/mol. The van der Waals surface area contributed by atoms with Crippen molar-refractivity contribution in [2.24, 2.45) is 0 Å². The molecule has 1 rings (SSSR count). The van der Waals surface area contributed by atoms with E-state index < -0.39 is 0 Å². The zero-order valence-corrected chi connectivity index (χ0v) is 4.46. The van der Waals surface area contributed by atoms with E-state index in [4.69, 9.17) is 11.5 Å². The van der Waals surface area contributed by atoms with Crippen LogP contribution in [0.1, 0.15) is 0 Å². The number of benzene rings is 1. The van der Waals surface area contributed by atoms with Crippen LogP contribution < -0.4 is 11.5 Å². The average Bonchev–Trinajstić information content (AvgIpc) is 1.77. The zero-order valence-electron chi connectivity index (χ0n) is 4.46. The minimum atomic E-state index is 0. The second kappa shape index (κ2) is 6.53. The van der Waals surface area contributed by atoms with Gasteiger partial charge >= 0.3 is 59.1 Å². The molecule has 0 aliphatic rings. The molecule has 2 nitrogen and oxygen atoms in total. The summed E-state index contributed by atoms with van der Waals surface area (Å²) in [5.41, 5.74) is 12.2. The Kier molecular flexibility index (Phi) is 8.75. The van der Waals surface area contributed by atoms with E-state index in [-0.39, 0.29) is 59.1 Å². The van der Waals surface area contributed by atoms with Crippen LogP contribution in [0, 0.1) is 0 Å². The monoisotopic (exact) mass is 156 g/mol. The van der Waals surface area contributed by atoms with Crippen LogP contribution in [0.5, 0.6) is 0 Å². The molecule has 10 heavy (non-hydrogen) atoms. The van der Waals surface area contributed by atoms with Gasteiger partial charge in [-0.15, -0.1) is 0 Å². The van der Waals surface area contributed by atoms with Crippen molar-refractivity contribution < 1.29 is 0 Å². The van der Waals surface area contributed by atoms with Crippen LogP contribution in [0.25, 0.3) is 0 Å². The molecule has 0 bridgehead atoms. The van der Waals surface area contributed by atoms with E-state index in [1.165, 1.54) is 0 Å². The molecule has 1 aromatic carbocycles. The average molecular weight is 156 g/mol. The van der Waals surface area contributed by atoms with E-state index in [0.29, 0.717) is 0 Å². The van der Waals surface area contributed by atoms with Gasteiger partial charge in [-0.3, -0.25) is 0 Å². The number of hydrogen-bond acceptors (Lipinski definition) is 2. The number of anilines is 2. The van der Waals surface area contributed by atoms with Crippen molar-refractivity contribution in [2.45, 2.75) is 0 Å². The summed E-state index contributed by atoms with van der Waals surface area (Å²) in [7, 11) is 0. The van der Waals surface area contributed by atoms with Crippen molar-refractivity contribution in [3.8, 4) is 0 Å². The van der Waals surface area contributed by atoms with Gasteiger partial charge in [-0.05, 0) is 24.3 Å². The van der Waals surface area contributed by atoms with Crippen molar-refractivity contribution >= 4 is 70.5 Å². The molecule has 1 aromatic rings. The molecule has 46 valence electrons. The first-order valence-corrected chi connectivity index (χ1v) is 2.40. The van der Waals surface area contributed by atoms with Crippen molar-refractivity contribution in [3.05, 3.63) is 24.3 Å². The van der Waals surface area contributed by atoms with Gasteiger partial charge in [0.25, 0.3) is 0 Å². The molecule has 0 heterocycles. The van der Waals surface area contributed by atoms with Crippen molar-refractivity contribution in [2.75, 3.05) is 11.5 Å². The molecule has 4 heteroatoms. The molecule has 0 spiro atoms. The van der Waals surface area contributed by atoms with Crippen LogP contribution in [0.3, 0.4) is 0 Å². The summed E-state index contributed by atoms with van der Waals surface area (Å²) in [5.74, 6) is 0. The number of nitrogen functional groups attached to an aromatic ring is 2. The Bertz CT molecular complexity index is 153. The Labute approximate surface area is 105 Å². The van der Waals surface area contributed by atoms with Gasteiger partial charge in [0.15, 0.2) is 0 Å². The molecule has 0 atom stereocenters. The predicted octanol–water partition coefficient (Wildman–Crippen LogP) is -0.446. The first-order valence-electron chi connectivity index (χ1n) is 2.40. The fraction of sp³-hybridized carbons (Fsp3) is 0. The third kappa shape index (κ3) is 4.61. The first-order chi connectivity index (χ1) is 3.79. The second-order valence-corrected chi connectivity index (χ2v) is 1.67. The maximum atomic E-state index is 5.37. The molecule has 0 saturated heterocycles. The normalized spacial score (nSPS) is 7.20. The Morgan fingerprint density at radius 3 is 1.10 bits per heavy atom. The van der Waals surface area contributed by atoms with Crippen molar-refractivity contribution in [3.63, 3.8) is 0 Å². The van der Waals surface area contributed by atoms with E-state index in [1.807, 2.05) is 0 Å². The molecule has 0 fully saturated rings. The van der Waals surface area contributed by atoms with E-state index in [1.54, 1.807) is 24.3 Å². The van der Waals surface area contributed by atoms with Gasteiger partial charge in [0.05, 0.1) is 0 Å². The van der Waals surface area contributed by atoms with Crippen LogP contribution in [-0.2, 0) is 0 Å².